The van der Waals surface area contributed by atoms with E-state index in [9.17, 15) is 9.59 Å². The summed E-state index contributed by atoms with van der Waals surface area (Å²) in [6.45, 7) is 1.24. The molecule has 0 aliphatic heterocycles. The second-order valence-electron chi connectivity index (χ2n) is 7.21. The zero-order chi connectivity index (χ0) is 20.1. The maximum atomic E-state index is 12.8. The Morgan fingerprint density at radius 3 is 2.31 bits per heavy atom. The fraction of sp³-hybridized carbons (Fsp3) is 0.318. The van der Waals surface area contributed by atoms with E-state index in [0.29, 0.717) is 25.5 Å². The zero-order valence-electron chi connectivity index (χ0n) is 16.3. The Balaban J connectivity index is 1.32. The fourth-order valence-corrected chi connectivity index (χ4v) is 3.31. The molecule has 1 aliphatic carbocycles. The fourth-order valence-electron chi connectivity index (χ4n) is 3.31. The van der Waals surface area contributed by atoms with Crippen LogP contribution in [0, 0.1) is 0 Å². The molecule has 1 heterocycles. The highest BCUT2D eigenvalue weighted by Crippen LogP contribution is 2.36. The summed E-state index contributed by atoms with van der Waals surface area (Å²) in [7, 11) is 0. The van der Waals surface area contributed by atoms with Crippen molar-refractivity contribution in [1.29, 1.82) is 0 Å². The third-order valence-corrected chi connectivity index (χ3v) is 4.97. The van der Waals surface area contributed by atoms with Gasteiger partial charge in [-0.3, -0.25) is 4.57 Å². The summed E-state index contributed by atoms with van der Waals surface area (Å²) in [5, 5.41) is 10.2. The molecule has 1 aromatic heterocycles. The first-order valence-electron chi connectivity index (χ1n) is 10.0. The number of nitrogens with one attached hydrogen (secondary N) is 2. The van der Waals surface area contributed by atoms with Crippen LogP contribution in [0.5, 0.6) is 0 Å². The van der Waals surface area contributed by atoms with Gasteiger partial charge in [0.15, 0.2) is 5.82 Å². The molecule has 0 unspecified atom stereocenters. The second kappa shape index (κ2) is 8.77. The van der Waals surface area contributed by atoms with Crippen LogP contribution in [0.3, 0.4) is 0 Å². The van der Waals surface area contributed by atoms with Gasteiger partial charge >= 0.3 is 11.7 Å². The number of aromatic nitrogens is 3. The smallest absolute Gasteiger partial charge is 0.338 e. The van der Waals surface area contributed by atoms with Gasteiger partial charge in [0.05, 0.1) is 6.54 Å². The molecule has 1 fully saturated rings. The Kier molecular flexibility index (Phi) is 5.74. The predicted molar refractivity (Wildman–Crippen MR) is 112 cm³/mol. The molecule has 7 heteroatoms. The number of benzene rings is 2. The van der Waals surface area contributed by atoms with Crippen LogP contribution in [0.1, 0.15) is 24.4 Å². The van der Waals surface area contributed by atoms with E-state index in [4.69, 9.17) is 0 Å². The lowest BCUT2D eigenvalue weighted by atomic mass is 10.1. The first kappa shape index (κ1) is 19.0. The number of nitrogens with zero attached hydrogens (tertiary/aromatic N) is 3. The number of rotatable bonds is 8. The van der Waals surface area contributed by atoms with Gasteiger partial charge in [0.2, 0.25) is 0 Å². The Bertz CT molecular complexity index is 1010. The number of carbonyl (C=O) groups is 1. The van der Waals surface area contributed by atoms with Crippen molar-refractivity contribution in [3.8, 4) is 11.4 Å². The first-order valence-corrected chi connectivity index (χ1v) is 10.0. The molecule has 0 radical (unpaired) electrons. The van der Waals surface area contributed by atoms with Crippen molar-refractivity contribution in [2.24, 2.45) is 0 Å². The molecule has 1 saturated carbocycles. The summed E-state index contributed by atoms with van der Waals surface area (Å²) >= 11 is 0. The normalized spacial score (nSPS) is 13.2. The zero-order valence-corrected chi connectivity index (χ0v) is 16.3. The Morgan fingerprint density at radius 1 is 0.966 bits per heavy atom. The minimum Gasteiger partial charge on any atom is -0.338 e. The molecule has 2 aromatic carbocycles. The van der Waals surface area contributed by atoms with E-state index in [1.807, 2.05) is 60.7 Å². The monoisotopic (exact) mass is 391 g/mol. The summed E-state index contributed by atoms with van der Waals surface area (Å²) in [6.07, 6.45) is 2.79. The molecule has 1 aliphatic rings. The number of amides is 2. The third kappa shape index (κ3) is 4.74. The maximum absolute atomic E-state index is 12.8. The van der Waals surface area contributed by atoms with Crippen molar-refractivity contribution in [2.75, 3.05) is 13.1 Å². The summed E-state index contributed by atoms with van der Waals surface area (Å²) in [6, 6.07) is 19.8. The van der Waals surface area contributed by atoms with Gasteiger partial charge in [0, 0.05) is 24.7 Å². The maximum Gasteiger partial charge on any atom is 0.346 e. The van der Waals surface area contributed by atoms with E-state index >= 15 is 0 Å². The second-order valence-corrected chi connectivity index (χ2v) is 7.21. The van der Waals surface area contributed by atoms with Crippen LogP contribution >= 0.6 is 0 Å². The molecule has 3 aromatic rings. The standard InChI is InChI=1S/C22H25N5O2/c28-21(23-14-13-17-7-3-1-4-8-17)24-15-16-26-22(29)27(19-11-12-19)20(25-26)18-9-5-2-6-10-18/h1-10,19H,11-16H2,(H2,23,24,28). The highest BCUT2D eigenvalue weighted by molar-refractivity contribution is 5.73. The Morgan fingerprint density at radius 2 is 1.62 bits per heavy atom. The molecule has 7 nitrogen and oxygen atoms in total. The van der Waals surface area contributed by atoms with Gasteiger partial charge in [-0.1, -0.05) is 60.7 Å². The highest BCUT2D eigenvalue weighted by Gasteiger charge is 2.30. The molecule has 0 saturated heterocycles. The van der Waals surface area contributed by atoms with E-state index in [2.05, 4.69) is 15.7 Å². The Labute approximate surface area is 169 Å². The van der Waals surface area contributed by atoms with E-state index < -0.39 is 0 Å². The first-order chi connectivity index (χ1) is 14.2. The largest absolute Gasteiger partial charge is 0.346 e. The van der Waals surface area contributed by atoms with Gasteiger partial charge in [0.25, 0.3) is 0 Å². The van der Waals surface area contributed by atoms with E-state index in [-0.39, 0.29) is 17.8 Å². The number of hydrogen-bond acceptors (Lipinski definition) is 3. The molecule has 0 bridgehead atoms. The van der Waals surface area contributed by atoms with Crippen LogP contribution < -0.4 is 16.3 Å². The van der Waals surface area contributed by atoms with Crippen LogP contribution in [-0.4, -0.2) is 33.5 Å². The van der Waals surface area contributed by atoms with Crippen molar-refractivity contribution in [2.45, 2.75) is 31.8 Å². The molecule has 2 amide bonds. The van der Waals surface area contributed by atoms with Crippen LogP contribution in [0.4, 0.5) is 4.79 Å². The van der Waals surface area contributed by atoms with Gasteiger partial charge in [-0.25, -0.2) is 14.3 Å². The van der Waals surface area contributed by atoms with Crippen LogP contribution in [0.15, 0.2) is 65.5 Å². The molecule has 0 spiro atoms. The summed E-state index contributed by atoms with van der Waals surface area (Å²) in [5.41, 5.74) is 2.00. The number of hydrogen-bond donors (Lipinski definition) is 2. The summed E-state index contributed by atoms with van der Waals surface area (Å²) < 4.78 is 3.24. The molecule has 29 heavy (non-hydrogen) atoms. The van der Waals surface area contributed by atoms with Crippen molar-refractivity contribution in [1.82, 2.24) is 25.0 Å². The van der Waals surface area contributed by atoms with Crippen molar-refractivity contribution < 1.29 is 4.79 Å². The molecule has 0 atom stereocenters. The summed E-state index contributed by atoms with van der Waals surface area (Å²) in [4.78, 5) is 24.8. The van der Waals surface area contributed by atoms with E-state index in [1.54, 1.807) is 4.57 Å². The SMILES string of the molecule is O=C(NCCc1ccccc1)NCCn1nc(-c2ccccc2)n(C2CC2)c1=O. The van der Waals surface area contributed by atoms with Gasteiger partial charge in [0.1, 0.15) is 0 Å². The van der Waals surface area contributed by atoms with Gasteiger partial charge in [-0.15, -0.1) is 5.10 Å². The highest BCUT2D eigenvalue weighted by atomic mass is 16.2. The van der Waals surface area contributed by atoms with Gasteiger partial charge in [-0.05, 0) is 24.8 Å². The van der Waals surface area contributed by atoms with Crippen LogP contribution in [-0.2, 0) is 13.0 Å². The lowest BCUT2D eigenvalue weighted by molar-refractivity contribution is 0.240. The molecular weight excluding hydrogens is 366 g/mol. The topological polar surface area (TPSA) is 81.0 Å². The summed E-state index contributed by atoms with van der Waals surface area (Å²) in [5.74, 6) is 0.699. The predicted octanol–water partition coefficient (Wildman–Crippen LogP) is 2.59. The lowest BCUT2D eigenvalue weighted by Crippen LogP contribution is -2.39. The molecule has 150 valence electrons. The molecule has 4 rings (SSSR count). The van der Waals surface area contributed by atoms with E-state index in [0.717, 1.165) is 24.8 Å². The minimum atomic E-state index is -0.237. The van der Waals surface area contributed by atoms with Gasteiger partial charge < -0.3 is 10.6 Å². The van der Waals surface area contributed by atoms with Crippen LogP contribution in [0.25, 0.3) is 11.4 Å². The van der Waals surface area contributed by atoms with Crippen LogP contribution in [0.2, 0.25) is 0 Å². The quantitative estimate of drug-likeness (QED) is 0.619. The van der Waals surface area contributed by atoms with E-state index in [1.165, 1.54) is 10.2 Å². The number of urea groups is 1. The van der Waals surface area contributed by atoms with Crippen molar-refractivity contribution in [3.63, 3.8) is 0 Å². The third-order valence-electron chi connectivity index (χ3n) is 4.97. The van der Waals surface area contributed by atoms with Crippen molar-refractivity contribution in [3.05, 3.63) is 76.7 Å². The molecule has 2 N–H and O–H groups in total. The minimum absolute atomic E-state index is 0.113. The number of carbonyl (C=O) groups excluding carboxylic acids is 1. The average Bonchev–Trinajstić information content (AvgIpc) is 3.53. The van der Waals surface area contributed by atoms with Gasteiger partial charge in [-0.2, -0.15) is 0 Å². The Hall–Kier alpha value is -3.35. The molecular formula is C22H25N5O2. The average molecular weight is 391 g/mol. The lowest BCUT2D eigenvalue weighted by Gasteiger charge is -2.07. The van der Waals surface area contributed by atoms with Crippen molar-refractivity contribution >= 4 is 6.03 Å².